The number of pyridine rings is 1. The summed E-state index contributed by atoms with van der Waals surface area (Å²) in [7, 11) is 0. The molecule has 0 saturated carbocycles. The van der Waals surface area contributed by atoms with Crippen molar-refractivity contribution >= 4 is 11.6 Å². The Balaban J connectivity index is 2.87. The van der Waals surface area contributed by atoms with Crippen LogP contribution in [0.4, 0.5) is 10.3 Å². The average Bonchev–Trinajstić information content (AvgIpc) is 2.33. The number of hydrogen-bond acceptors (Lipinski definition) is 3. The predicted octanol–water partition coefficient (Wildman–Crippen LogP) is 0.451. The molecule has 0 fully saturated rings. The number of halogens is 1. The molecule has 0 unspecified atom stereocenters. The highest BCUT2D eigenvalue weighted by Crippen LogP contribution is 2.05. The minimum absolute atomic E-state index is 0.194. The van der Waals surface area contributed by atoms with Crippen LogP contribution in [0.5, 0.6) is 0 Å². The molecule has 0 aliphatic rings. The third kappa shape index (κ3) is 0.813. The first-order valence-corrected chi connectivity index (χ1v) is 3.03. The number of hydrogen-bond donors (Lipinski definition) is 1. The van der Waals surface area contributed by atoms with Crippen molar-refractivity contribution in [3.63, 3.8) is 0 Å². The summed E-state index contributed by atoms with van der Waals surface area (Å²) < 4.78 is 13.9. The van der Waals surface area contributed by atoms with Gasteiger partial charge >= 0.3 is 0 Å². The first kappa shape index (κ1) is 6.09. The second-order valence-electron chi connectivity index (χ2n) is 2.13. The summed E-state index contributed by atoms with van der Waals surface area (Å²) in [5.41, 5.74) is 5.91. The van der Waals surface area contributed by atoms with Crippen LogP contribution in [0.15, 0.2) is 18.3 Å². The Morgan fingerprint density at radius 3 is 3.00 bits per heavy atom. The highest BCUT2D eigenvalue weighted by molar-refractivity contribution is 5.42. The summed E-state index contributed by atoms with van der Waals surface area (Å²) in [6.07, 6.45) is 1.24. The lowest BCUT2D eigenvalue weighted by atomic mass is 10.4. The largest absolute Gasteiger partial charge is 0.368 e. The highest BCUT2D eigenvalue weighted by Gasteiger charge is 2.00. The number of fused-ring (bicyclic) bond motifs is 1. The Bertz CT molecular complexity index is 394. The first-order chi connectivity index (χ1) is 5.27. The minimum atomic E-state index is -0.357. The van der Waals surface area contributed by atoms with E-state index < -0.39 is 0 Å². The molecule has 56 valence electrons. The van der Waals surface area contributed by atoms with Gasteiger partial charge in [-0.2, -0.15) is 0 Å². The van der Waals surface area contributed by atoms with Crippen LogP contribution in [-0.4, -0.2) is 14.6 Å². The van der Waals surface area contributed by atoms with Gasteiger partial charge < -0.3 is 5.73 Å². The number of nitrogens with two attached hydrogens (primary N) is 1. The lowest BCUT2D eigenvalue weighted by Crippen LogP contribution is -1.94. The van der Waals surface area contributed by atoms with Gasteiger partial charge in [-0.25, -0.2) is 4.39 Å². The summed E-state index contributed by atoms with van der Waals surface area (Å²) in [6, 6.07) is 2.82. The summed E-state index contributed by atoms with van der Waals surface area (Å²) >= 11 is 0. The van der Waals surface area contributed by atoms with Crippen LogP contribution in [-0.2, 0) is 0 Å². The molecule has 0 aliphatic heterocycles. The van der Waals surface area contributed by atoms with Gasteiger partial charge in [0.1, 0.15) is 5.82 Å². The molecule has 0 radical (unpaired) electrons. The van der Waals surface area contributed by atoms with Crippen LogP contribution in [0.3, 0.4) is 0 Å². The van der Waals surface area contributed by atoms with Gasteiger partial charge in [0.25, 0.3) is 0 Å². The highest BCUT2D eigenvalue weighted by atomic mass is 19.1. The molecule has 0 bridgehead atoms. The Kier molecular flexibility index (Phi) is 1.06. The standard InChI is InChI=1S/C6H5FN4/c7-4-1-2-5-9-10-6(8)11(5)3-4/h1-3H,(H2,8,10). The van der Waals surface area contributed by atoms with Crippen molar-refractivity contribution in [2.45, 2.75) is 0 Å². The molecule has 2 aromatic rings. The van der Waals surface area contributed by atoms with E-state index in [1.807, 2.05) is 0 Å². The van der Waals surface area contributed by atoms with Gasteiger partial charge in [-0.05, 0) is 12.1 Å². The number of rotatable bonds is 0. The smallest absolute Gasteiger partial charge is 0.226 e. The van der Waals surface area contributed by atoms with Crippen molar-refractivity contribution < 1.29 is 4.39 Å². The maximum atomic E-state index is 12.6. The van der Waals surface area contributed by atoms with Crippen LogP contribution in [0, 0.1) is 5.82 Å². The predicted molar refractivity (Wildman–Crippen MR) is 37.4 cm³/mol. The zero-order valence-corrected chi connectivity index (χ0v) is 5.53. The van der Waals surface area contributed by atoms with Crippen molar-refractivity contribution in [1.29, 1.82) is 0 Å². The van der Waals surface area contributed by atoms with E-state index in [1.54, 1.807) is 0 Å². The van der Waals surface area contributed by atoms with Crippen molar-refractivity contribution in [3.8, 4) is 0 Å². The molecule has 5 heteroatoms. The number of nitrogen functional groups attached to an aromatic ring is 1. The fourth-order valence-corrected chi connectivity index (χ4v) is 0.883. The fraction of sp³-hybridized carbons (Fsp3) is 0. The van der Waals surface area contributed by atoms with Crippen molar-refractivity contribution in [3.05, 3.63) is 24.1 Å². The lowest BCUT2D eigenvalue weighted by Gasteiger charge is -1.92. The molecule has 2 rings (SSSR count). The molecule has 0 spiro atoms. The molecule has 11 heavy (non-hydrogen) atoms. The zero-order valence-electron chi connectivity index (χ0n) is 5.53. The number of anilines is 1. The normalized spacial score (nSPS) is 10.6. The van der Waals surface area contributed by atoms with Gasteiger partial charge in [-0.15, -0.1) is 10.2 Å². The fourth-order valence-electron chi connectivity index (χ4n) is 0.883. The molecule has 4 nitrogen and oxygen atoms in total. The summed E-state index contributed by atoms with van der Waals surface area (Å²) in [5.74, 6) is -0.163. The van der Waals surface area contributed by atoms with Crippen molar-refractivity contribution in [2.24, 2.45) is 0 Å². The molecule has 2 heterocycles. The Morgan fingerprint density at radius 1 is 1.36 bits per heavy atom. The van der Waals surface area contributed by atoms with Gasteiger partial charge in [0.05, 0.1) is 0 Å². The van der Waals surface area contributed by atoms with Gasteiger partial charge in [0.2, 0.25) is 5.95 Å². The molecular weight excluding hydrogens is 147 g/mol. The van der Waals surface area contributed by atoms with Crippen LogP contribution < -0.4 is 5.73 Å². The van der Waals surface area contributed by atoms with Gasteiger partial charge in [-0.3, -0.25) is 4.40 Å². The van der Waals surface area contributed by atoms with Gasteiger partial charge in [-0.1, -0.05) is 0 Å². The third-order valence-electron chi connectivity index (χ3n) is 1.39. The quantitative estimate of drug-likeness (QED) is 0.596. The Labute approximate surface area is 61.5 Å². The molecule has 0 saturated heterocycles. The van der Waals surface area contributed by atoms with E-state index in [0.29, 0.717) is 5.65 Å². The van der Waals surface area contributed by atoms with Crippen LogP contribution >= 0.6 is 0 Å². The van der Waals surface area contributed by atoms with Crippen LogP contribution in [0.2, 0.25) is 0 Å². The second kappa shape index (κ2) is 1.91. The topological polar surface area (TPSA) is 56.2 Å². The van der Waals surface area contributed by atoms with E-state index in [1.165, 1.54) is 22.7 Å². The minimum Gasteiger partial charge on any atom is -0.368 e. The van der Waals surface area contributed by atoms with E-state index >= 15 is 0 Å². The second-order valence-corrected chi connectivity index (χ2v) is 2.13. The molecular formula is C6H5FN4. The summed E-state index contributed by atoms with van der Waals surface area (Å²) in [4.78, 5) is 0. The van der Waals surface area contributed by atoms with E-state index in [9.17, 15) is 4.39 Å². The summed E-state index contributed by atoms with van der Waals surface area (Å²) in [5, 5.41) is 7.24. The molecule has 0 amide bonds. The lowest BCUT2D eigenvalue weighted by molar-refractivity contribution is 0.619. The summed E-state index contributed by atoms with van der Waals surface area (Å²) in [6.45, 7) is 0. The van der Waals surface area contributed by atoms with Crippen molar-refractivity contribution in [2.75, 3.05) is 5.73 Å². The number of aromatic nitrogens is 3. The van der Waals surface area contributed by atoms with E-state index in [0.717, 1.165) is 0 Å². The maximum absolute atomic E-state index is 12.6. The molecule has 2 aromatic heterocycles. The first-order valence-electron chi connectivity index (χ1n) is 3.03. The Morgan fingerprint density at radius 2 is 2.18 bits per heavy atom. The van der Waals surface area contributed by atoms with E-state index in [-0.39, 0.29) is 11.8 Å². The SMILES string of the molecule is Nc1nnc2ccc(F)cn12. The molecule has 0 aromatic carbocycles. The third-order valence-corrected chi connectivity index (χ3v) is 1.39. The monoisotopic (exact) mass is 152 g/mol. The molecule has 0 atom stereocenters. The average molecular weight is 152 g/mol. The van der Waals surface area contributed by atoms with Crippen LogP contribution in [0.1, 0.15) is 0 Å². The van der Waals surface area contributed by atoms with Crippen LogP contribution in [0.25, 0.3) is 5.65 Å². The zero-order chi connectivity index (χ0) is 7.84. The van der Waals surface area contributed by atoms with Crippen molar-refractivity contribution in [1.82, 2.24) is 14.6 Å². The number of nitrogens with zero attached hydrogens (tertiary/aromatic N) is 3. The van der Waals surface area contributed by atoms with E-state index in [4.69, 9.17) is 5.73 Å². The maximum Gasteiger partial charge on any atom is 0.226 e. The van der Waals surface area contributed by atoms with Gasteiger partial charge in [0.15, 0.2) is 5.65 Å². The molecule has 2 N–H and O–H groups in total. The molecule has 0 aliphatic carbocycles. The van der Waals surface area contributed by atoms with E-state index in [2.05, 4.69) is 10.2 Å². The Hall–Kier alpha value is -1.65. The van der Waals surface area contributed by atoms with Gasteiger partial charge in [0, 0.05) is 6.20 Å².